The van der Waals surface area contributed by atoms with Crippen molar-refractivity contribution in [1.82, 2.24) is 15.3 Å². The highest BCUT2D eigenvalue weighted by atomic mass is 19.3. The fourth-order valence-electron chi connectivity index (χ4n) is 3.86. The third kappa shape index (κ3) is 5.58. The van der Waals surface area contributed by atoms with Gasteiger partial charge in [-0.05, 0) is 30.5 Å². The van der Waals surface area contributed by atoms with Gasteiger partial charge in [-0.15, -0.1) is 0 Å². The van der Waals surface area contributed by atoms with E-state index in [-0.39, 0.29) is 29.2 Å². The van der Waals surface area contributed by atoms with E-state index in [1.807, 2.05) is 20.8 Å². The molecule has 0 aliphatic carbocycles. The van der Waals surface area contributed by atoms with Crippen molar-refractivity contribution in [3.8, 4) is 11.6 Å². The lowest BCUT2D eigenvalue weighted by Gasteiger charge is -2.25. The quantitative estimate of drug-likeness (QED) is 0.417. The van der Waals surface area contributed by atoms with Gasteiger partial charge < -0.3 is 19.5 Å². The molecule has 7 nitrogen and oxygen atoms in total. The summed E-state index contributed by atoms with van der Waals surface area (Å²) in [4.78, 5) is 21.1. The van der Waals surface area contributed by atoms with Gasteiger partial charge in [-0.1, -0.05) is 33.8 Å². The number of hydrogen-bond donors (Lipinski definition) is 1. The van der Waals surface area contributed by atoms with E-state index in [1.165, 1.54) is 7.11 Å². The van der Waals surface area contributed by atoms with Crippen LogP contribution in [0.5, 0.6) is 11.6 Å². The fourth-order valence-corrected chi connectivity index (χ4v) is 3.86. The predicted molar refractivity (Wildman–Crippen MR) is 121 cm³/mol. The van der Waals surface area contributed by atoms with Crippen LogP contribution in [0.2, 0.25) is 0 Å². The zero-order chi connectivity index (χ0) is 24.2. The van der Waals surface area contributed by atoms with Gasteiger partial charge in [0.1, 0.15) is 17.9 Å². The van der Waals surface area contributed by atoms with Crippen molar-refractivity contribution < 1.29 is 27.8 Å². The number of carbonyl (C=O) groups is 1. The first-order valence-electron chi connectivity index (χ1n) is 11.1. The van der Waals surface area contributed by atoms with E-state index in [1.54, 1.807) is 18.2 Å². The van der Waals surface area contributed by atoms with Gasteiger partial charge in [-0.3, -0.25) is 4.79 Å². The van der Waals surface area contributed by atoms with Crippen LogP contribution in [0.25, 0.3) is 11.0 Å². The number of rotatable bonds is 10. The number of methoxy groups -OCH3 is 1. The van der Waals surface area contributed by atoms with E-state index in [0.29, 0.717) is 36.9 Å². The molecule has 1 aliphatic heterocycles. The van der Waals surface area contributed by atoms with E-state index in [9.17, 15) is 13.6 Å². The summed E-state index contributed by atoms with van der Waals surface area (Å²) in [6.07, 6.45) is 1.40. The Kier molecular flexibility index (Phi) is 7.84. The number of esters is 1. The van der Waals surface area contributed by atoms with Crippen LogP contribution in [0.4, 0.5) is 8.78 Å². The van der Waals surface area contributed by atoms with Crippen LogP contribution in [-0.4, -0.2) is 48.3 Å². The highest BCUT2D eigenvalue weighted by Crippen LogP contribution is 2.37. The number of allylic oxidation sites excluding steroid dienone is 1. The van der Waals surface area contributed by atoms with Crippen LogP contribution in [0.1, 0.15) is 39.3 Å². The Bertz CT molecular complexity index is 999. The molecule has 0 spiro atoms. The average Bonchev–Trinajstić information content (AvgIpc) is 3.18. The number of halogens is 2. The van der Waals surface area contributed by atoms with Crippen molar-refractivity contribution in [3.05, 3.63) is 36.5 Å². The van der Waals surface area contributed by atoms with Crippen molar-refractivity contribution >= 4 is 17.0 Å². The molecule has 1 aromatic heterocycles. The number of nitrogens with zero attached hydrogens (tertiary/aromatic N) is 2. The largest absolute Gasteiger partial charge is 0.497 e. The molecule has 1 aromatic carbocycles. The molecule has 0 saturated carbocycles. The molecule has 1 N–H and O–H groups in total. The Hall–Kier alpha value is -2.81. The normalized spacial score (nSPS) is 20.8. The highest BCUT2D eigenvalue weighted by Gasteiger charge is 2.43. The minimum Gasteiger partial charge on any atom is -0.497 e. The Balaban J connectivity index is 1.95. The van der Waals surface area contributed by atoms with Crippen molar-refractivity contribution in [2.24, 2.45) is 11.8 Å². The molecule has 9 heteroatoms. The van der Waals surface area contributed by atoms with Crippen LogP contribution in [0.3, 0.4) is 0 Å². The second-order valence-electron chi connectivity index (χ2n) is 8.58. The minimum absolute atomic E-state index is 0.209. The van der Waals surface area contributed by atoms with Crippen molar-refractivity contribution in [1.29, 1.82) is 0 Å². The first kappa shape index (κ1) is 24.8. The first-order valence-corrected chi connectivity index (χ1v) is 11.1. The van der Waals surface area contributed by atoms with Crippen LogP contribution in [0, 0.1) is 11.8 Å². The second-order valence-corrected chi connectivity index (χ2v) is 8.58. The van der Waals surface area contributed by atoms with Crippen molar-refractivity contribution in [3.63, 3.8) is 0 Å². The van der Waals surface area contributed by atoms with Gasteiger partial charge in [0.25, 0.3) is 0 Å². The minimum atomic E-state index is -3.45. The second kappa shape index (κ2) is 10.4. The van der Waals surface area contributed by atoms with Gasteiger partial charge in [-0.2, -0.15) is 8.78 Å². The van der Waals surface area contributed by atoms with Crippen molar-refractivity contribution in [2.45, 2.75) is 51.7 Å². The van der Waals surface area contributed by atoms with E-state index >= 15 is 0 Å². The molecule has 1 aliphatic rings. The number of fused-ring (bicyclic) bond motifs is 1. The van der Waals surface area contributed by atoms with Gasteiger partial charge in [0, 0.05) is 18.5 Å². The molecule has 3 rings (SSSR count). The third-order valence-electron chi connectivity index (χ3n) is 5.55. The van der Waals surface area contributed by atoms with E-state index < -0.39 is 23.8 Å². The van der Waals surface area contributed by atoms with Gasteiger partial charge in [0.2, 0.25) is 5.88 Å². The number of aromatic nitrogens is 2. The molecular weight excluding hydrogens is 432 g/mol. The molecular formula is C24H31F2N3O4. The van der Waals surface area contributed by atoms with Crippen LogP contribution in [-0.2, 0) is 15.5 Å². The van der Waals surface area contributed by atoms with E-state index in [0.717, 1.165) is 6.42 Å². The standard InChI is InChI=1S/C24H31F2N3O4/c1-6-8-16-19(12-27-20(16)23(30)32-13-14(3)4)33-22-21(24(25,26)7-2)28-17-10-9-15(31-5)11-18(17)29-22/h7,9-11,14,16,19-20,27H,2,6,8,12-13H2,1,3-5H3. The summed E-state index contributed by atoms with van der Waals surface area (Å²) in [5, 5.41) is 3.14. The molecule has 1 saturated heterocycles. The number of alkyl halides is 2. The summed E-state index contributed by atoms with van der Waals surface area (Å²) in [6.45, 7) is 9.75. The summed E-state index contributed by atoms with van der Waals surface area (Å²) in [5.41, 5.74) is 0.0274. The lowest BCUT2D eigenvalue weighted by Crippen LogP contribution is -2.39. The smallest absolute Gasteiger partial charge is 0.323 e. The number of ether oxygens (including phenoxy) is 3. The summed E-state index contributed by atoms with van der Waals surface area (Å²) < 4.78 is 46.1. The highest BCUT2D eigenvalue weighted by molar-refractivity contribution is 5.77. The lowest BCUT2D eigenvalue weighted by atomic mass is 9.93. The maximum atomic E-state index is 14.7. The number of benzene rings is 1. The summed E-state index contributed by atoms with van der Waals surface area (Å²) in [6, 6.07) is 4.21. The third-order valence-corrected chi connectivity index (χ3v) is 5.55. The summed E-state index contributed by atoms with van der Waals surface area (Å²) >= 11 is 0. The Morgan fingerprint density at radius 2 is 2.09 bits per heavy atom. The van der Waals surface area contributed by atoms with Crippen LogP contribution >= 0.6 is 0 Å². The van der Waals surface area contributed by atoms with Gasteiger partial charge in [0.05, 0.1) is 24.8 Å². The van der Waals surface area contributed by atoms with Gasteiger partial charge in [-0.25, -0.2) is 9.97 Å². The molecule has 3 unspecified atom stereocenters. The molecule has 180 valence electrons. The molecule has 0 bridgehead atoms. The number of carbonyl (C=O) groups excluding carboxylic acids is 1. The molecule has 3 atom stereocenters. The fraction of sp³-hybridized carbons (Fsp3) is 0.542. The number of hydrogen-bond acceptors (Lipinski definition) is 7. The molecule has 2 heterocycles. The van der Waals surface area contributed by atoms with Crippen LogP contribution in [0.15, 0.2) is 30.9 Å². The average molecular weight is 464 g/mol. The molecule has 0 amide bonds. The van der Waals surface area contributed by atoms with Crippen LogP contribution < -0.4 is 14.8 Å². The number of nitrogens with one attached hydrogen (secondary N) is 1. The summed E-state index contributed by atoms with van der Waals surface area (Å²) in [7, 11) is 1.50. The van der Waals surface area contributed by atoms with Gasteiger partial charge in [0.15, 0.2) is 5.69 Å². The molecule has 1 fully saturated rings. The lowest BCUT2D eigenvalue weighted by molar-refractivity contribution is -0.148. The molecule has 0 radical (unpaired) electrons. The zero-order valence-corrected chi connectivity index (χ0v) is 19.4. The molecule has 2 aromatic rings. The Morgan fingerprint density at radius 1 is 1.33 bits per heavy atom. The van der Waals surface area contributed by atoms with E-state index in [4.69, 9.17) is 14.2 Å². The first-order chi connectivity index (χ1) is 15.7. The predicted octanol–water partition coefficient (Wildman–Crippen LogP) is 4.25. The monoisotopic (exact) mass is 463 g/mol. The maximum Gasteiger partial charge on any atom is 0.323 e. The van der Waals surface area contributed by atoms with E-state index in [2.05, 4.69) is 21.9 Å². The zero-order valence-electron chi connectivity index (χ0n) is 19.4. The summed E-state index contributed by atoms with van der Waals surface area (Å²) in [5.74, 6) is -3.63. The molecule has 33 heavy (non-hydrogen) atoms. The topological polar surface area (TPSA) is 82.6 Å². The maximum absolute atomic E-state index is 14.7. The SMILES string of the molecule is C=CC(F)(F)c1nc2ccc(OC)cc2nc1OC1CNC(C(=O)OCC(C)C)C1CCC. The van der Waals surface area contributed by atoms with Gasteiger partial charge >= 0.3 is 11.9 Å². The Labute approximate surface area is 192 Å². The Morgan fingerprint density at radius 3 is 2.73 bits per heavy atom. The van der Waals surface area contributed by atoms with Crippen molar-refractivity contribution in [2.75, 3.05) is 20.3 Å².